The molecule has 1 saturated carbocycles. The lowest BCUT2D eigenvalue weighted by Gasteiger charge is -2.52. The average molecular weight is 211 g/mol. The standard InChI is InChI=1S/C12H21NO2/c1-2-4-10(5-3-1)11-12(8-14-9-12)15-7-6-13-11/h10-11,13H,1-9H2. The topological polar surface area (TPSA) is 30.5 Å². The summed E-state index contributed by atoms with van der Waals surface area (Å²) in [7, 11) is 0. The molecule has 15 heavy (non-hydrogen) atoms. The molecule has 3 nitrogen and oxygen atoms in total. The first-order valence-corrected chi connectivity index (χ1v) is 6.36. The van der Waals surface area contributed by atoms with Crippen LogP contribution >= 0.6 is 0 Å². The fourth-order valence-corrected chi connectivity index (χ4v) is 3.37. The molecular weight excluding hydrogens is 190 g/mol. The van der Waals surface area contributed by atoms with E-state index >= 15 is 0 Å². The van der Waals surface area contributed by atoms with Gasteiger partial charge in [0.15, 0.2) is 0 Å². The van der Waals surface area contributed by atoms with Gasteiger partial charge in [0.2, 0.25) is 0 Å². The lowest BCUT2D eigenvalue weighted by atomic mass is 9.75. The zero-order valence-electron chi connectivity index (χ0n) is 9.34. The van der Waals surface area contributed by atoms with Gasteiger partial charge in [-0.1, -0.05) is 19.3 Å². The third kappa shape index (κ3) is 1.71. The zero-order valence-corrected chi connectivity index (χ0v) is 9.34. The van der Waals surface area contributed by atoms with Gasteiger partial charge in [0, 0.05) is 12.6 Å². The number of ether oxygens (including phenoxy) is 2. The highest BCUT2D eigenvalue weighted by molar-refractivity contribution is 5.04. The van der Waals surface area contributed by atoms with Gasteiger partial charge in [-0.25, -0.2) is 0 Å². The Morgan fingerprint density at radius 1 is 1.07 bits per heavy atom. The molecule has 86 valence electrons. The number of morpholine rings is 1. The van der Waals surface area contributed by atoms with Crippen molar-refractivity contribution in [3.63, 3.8) is 0 Å². The van der Waals surface area contributed by atoms with Gasteiger partial charge in [0.1, 0.15) is 5.60 Å². The Bertz CT molecular complexity index is 222. The van der Waals surface area contributed by atoms with Crippen LogP contribution in [0.4, 0.5) is 0 Å². The molecule has 3 heteroatoms. The van der Waals surface area contributed by atoms with E-state index in [0.29, 0.717) is 6.04 Å². The second-order valence-corrected chi connectivity index (χ2v) is 5.24. The second kappa shape index (κ2) is 4.04. The SMILES string of the molecule is C1CCC(C2NCCOC23COC3)CC1. The summed E-state index contributed by atoms with van der Waals surface area (Å²) in [6.45, 7) is 3.48. The molecule has 0 bridgehead atoms. The predicted octanol–water partition coefficient (Wildman–Crippen LogP) is 1.32. The van der Waals surface area contributed by atoms with Crippen LogP contribution in [0.15, 0.2) is 0 Å². The van der Waals surface area contributed by atoms with Gasteiger partial charge >= 0.3 is 0 Å². The molecule has 3 fully saturated rings. The maximum atomic E-state index is 5.98. The summed E-state index contributed by atoms with van der Waals surface area (Å²) in [5, 5.41) is 3.68. The van der Waals surface area contributed by atoms with Crippen molar-refractivity contribution in [3.8, 4) is 0 Å². The van der Waals surface area contributed by atoms with Crippen LogP contribution in [0, 0.1) is 5.92 Å². The van der Waals surface area contributed by atoms with Gasteiger partial charge in [-0.15, -0.1) is 0 Å². The molecule has 2 aliphatic heterocycles. The van der Waals surface area contributed by atoms with Gasteiger partial charge in [-0.3, -0.25) is 0 Å². The van der Waals surface area contributed by atoms with Crippen LogP contribution in [0.25, 0.3) is 0 Å². The number of hydrogen-bond acceptors (Lipinski definition) is 3. The summed E-state index contributed by atoms with van der Waals surface area (Å²) >= 11 is 0. The number of hydrogen-bond donors (Lipinski definition) is 1. The first-order valence-electron chi connectivity index (χ1n) is 6.36. The second-order valence-electron chi connectivity index (χ2n) is 5.24. The molecular formula is C12H21NO2. The van der Waals surface area contributed by atoms with Gasteiger partial charge < -0.3 is 14.8 Å². The molecule has 1 unspecified atom stereocenters. The van der Waals surface area contributed by atoms with Crippen molar-refractivity contribution in [2.75, 3.05) is 26.4 Å². The highest BCUT2D eigenvalue weighted by atomic mass is 16.6. The minimum Gasteiger partial charge on any atom is -0.375 e. The summed E-state index contributed by atoms with van der Waals surface area (Å²) in [6, 6.07) is 0.556. The molecule has 3 aliphatic rings. The maximum Gasteiger partial charge on any atom is 0.130 e. The van der Waals surface area contributed by atoms with E-state index in [4.69, 9.17) is 9.47 Å². The predicted molar refractivity (Wildman–Crippen MR) is 57.9 cm³/mol. The van der Waals surface area contributed by atoms with Gasteiger partial charge in [0.05, 0.1) is 19.8 Å². The highest BCUT2D eigenvalue weighted by Crippen LogP contribution is 2.37. The first-order chi connectivity index (χ1) is 7.41. The minimum absolute atomic E-state index is 0.0419. The molecule has 3 rings (SSSR count). The Labute approximate surface area is 91.5 Å². The van der Waals surface area contributed by atoms with Crippen LogP contribution in [0.5, 0.6) is 0 Å². The molecule has 0 aromatic rings. The fourth-order valence-electron chi connectivity index (χ4n) is 3.37. The van der Waals surface area contributed by atoms with E-state index in [2.05, 4.69) is 5.32 Å². The Morgan fingerprint density at radius 3 is 2.53 bits per heavy atom. The minimum atomic E-state index is 0.0419. The average Bonchev–Trinajstić information content (AvgIpc) is 2.28. The van der Waals surface area contributed by atoms with Crippen molar-refractivity contribution in [2.45, 2.75) is 43.7 Å². The van der Waals surface area contributed by atoms with E-state index in [1.54, 1.807) is 0 Å². The van der Waals surface area contributed by atoms with Crippen LogP contribution in [-0.2, 0) is 9.47 Å². The Morgan fingerprint density at radius 2 is 1.87 bits per heavy atom. The van der Waals surface area contributed by atoms with E-state index in [9.17, 15) is 0 Å². The molecule has 1 N–H and O–H groups in total. The Kier molecular flexibility index (Phi) is 2.71. The molecule has 0 aromatic carbocycles. The molecule has 1 aliphatic carbocycles. The smallest absolute Gasteiger partial charge is 0.130 e. The zero-order chi connectivity index (χ0) is 10.1. The quantitative estimate of drug-likeness (QED) is 0.709. The Balaban J connectivity index is 1.70. The summed E-state index contributed by atoms with van der Waals surface area (Å²) in [4.78, 5) is 0. The van der Waals surface area contributed by atoms with E-state index in [-0.39, 0.29) is 5.60 Å². The lowest BCUT2D eigenvalue weighted by molar-refractivity contribution is -0.245. The van der Waals surface area contributed by atoms with E-state index < -0.39 is 0 Å². The van der Waals surface area contributed by atoms with E-state index in [1.165, 1.54) is 32.1 Å². The molecule has 2 heterocycles. The van der Waals surface area contributed by atoms with Crippen molar-refractivity contribution in [1.29, 1.82) is 0 Å². The largest absolute Gasteiger partial charge is 0.375 e. The van der Waals surface area contributed by atoms with Crippen molar-refractivity contribution in [1.82, 2.24) is 5.32 Å². The van der Waals surface area contributed by atoms with Gasteiger partial charge in [0.25, 0.3) is 0 Å². The lowest BCUT2D eigenvalue weighted by Crippen LogP contribution is -2.70. The summed E-state index contributed by atoms with van der Waals surface area (Å²) < 4.78 is 11.4. The molecule has 0 amide bonds. The molecule has 0 radical (unpaired) electrons. The van der Waals surface area contributed by atoms with Gasteiger partial charge in [-0.05, 0) is 18.8 Å². The van der Waals surface area contributed by atoms with Crippen molar-refractivity contribution in [3.05, 3.63) is 0 Å². The number of rotatable bonds is 1. The van der Waals surface area contributed by atoms with Crippen molar-refractivity contribution in [2.24, 2.45) is 5.92 Å². The van der Waals surface area contributed by atoms with Crippen LogP contribution in [0.3, 0.4) is 0 Å². The third-order valence-corrected chi connectivity index (χ3v) is 4.24. The monoisotopic (exact) mass is 211 g/mol. The molecule has 1 atom stereocenters. The summed E-state index contributed by atoms with van der Waals surface area (Å²) in [5.74, 6) is 0.822. The summed E-state index contributed by atoms with van der Waals surface area (Å²) in [5.41, 5.74) is 0.0419. The fraction of sp³-hybridized carbons (Fsp3) is 1.00. The van der Waals surface area contributed by atoms with E-state index in [1.807, 2.05) is 0 Å². The molecule has 0 aromatic heterocycles. The first kappa shape index (κ1) is 10.1. The third-order valence-electron chi connectivity index (χ3n) is 4.24. The number of nitrogens with one attached hydrogen (secondary N) is 1. The normalized spacial score (nSPS) is 36.4. The Hall–Kier alpha value is -0.120. The molecule has 2 saturated heterocycles. The van der Waals surface area contributed by atoms with Crippen LogP contribution in [0.1, 0.15) is 32.1 Å². The maximum absolute atomic E-state index is 5.98. The highest BCUT2D eigenvalue weighted by Gasteiger charge is 2.51. The van der Waals surface area contributed by atoms with Crippen molar-refractivity contribution < 1.29 is 9.47 Å². The summed E-state index contributed by atoms with van der Waals surface area (Å²) in [6.07, 6.45) is 6.98. The van der Waals surface area contributed by atoms with Gasteiger partial charge in [-0.2, -0.15) is 0 Å². The molecule has 1 spiro atoms. The van der Waals surface area contributed by atoms with E-state index in [0.717, 1.165) is 32.3 Å². The van der Waals surface area contributed by atoms with Crippen LogP contribution in [-0.4, -0.2) is 38.0 Å². The van der Waals surface area contributed by atoms with Crippen LogP contribution < -0.4 is 5.32 Å². The van der Waals surface area contributed by atoms with Crippen LogP contribution in [0.2, 0.25) is 0 Å². The van der Waals surface area contributed by atoms with Crippen molar-refractivity contribution >= 4 is 0 Å².